The van der Waals surface area contributed by atoms with Crippen LogP contribution in [0.2, 0.25) is 5.02 Å². The number of amides is 1. The lowest BCUT2D eigenvalue weighted by molar-refractivity contribution is -0.130. The number of rotatable bonds is 3. The van der Waals surface area contributed by atoms with Gasteiger partial charge in [-0.05, 0) is 31.0 Å². The third-order valence-electron chi connectivity index (χ3n) is 3.50. The van der Waals surface area contributed by atoms with Crippen molar-refractivity contribution in [3.8, 4) is 0 Å². The van der Waals surface area contributed by atoms with E-state index in [-0.39, 0.29) is 23.2 Å². The molecule has 0 saturated carbocycles. The van der Waals surface area contributed by atoms with Crippen LogP contribution in [0.3, 0.4) is 0 Å². The highest BCUT2D eigenvalue weighted by Gasteiger charge is 2.39. The summed E-state index contributed by atoms with van der Waals surface area (Å²) in [5.74, 6) is -0.820. The second-order valence-corrected chi connectivity index (χ2v) is 5.11. The lowest BCUT2D eigenvalue weighted by atomic mass is 9.79. The first-order chi connectivity index (χ1) is 9.07. The third-order valence-corrected chi connectivity index (χ3v) is 3.74. The number of benzene rings is 1. The van der Waals surface area contributed by atoms with Crippen molar-refractivity contribution in [3.05, 3.63) is 29.0 Å². The first-order valence-electron chi connectivity index (χ1n) is 6.12. The van der Waals surface area contributed by atoms with E-state index in [0.29, 0.717) is 26.1 Å². The smallest absolute Gasteiger partial charge is 0.232 e. The highest BCUT2D eigenvalue weighted by Crippen LogP contribution is 2.31. The molecule has 1 aromatic rings. The minimum Gasteiger partial charge on any atom is -0.381 e. The topological polar surface area (TPSA) is 64.4 Å². The fourth-order valence-corrected chi connectivity index (χ4v) is 2.29. The minimum atomic E-state index is -0.676. The molecule has 0 unspecified atom stereocenters. The van der Waals surface area contributed by atoms with Crippen LogP contribution in [0.15, 0.2) is 18.2 Å². The molecule has 3 N–H and O–H groups in total. The summed E-state index contributed by atoms with van der Waals surface area (Å²) < 4.78 is 18.9. The Morgan fingerprint density at radius 3 is 2.74 bits per heavy atom. The fraction of sp³-hybridized carbons (Fsp3) is 0.462. The highest BCUT2D eigenvalue weighted by molar-refractivity contribution is 6.30. The summed E-state index contributed by atoms with van der Waals surface area (Å²) in [6, 6.07) is 4.13. The van der Waals surface area contributed by atoms with Crippen molar-refractivity contribution >= 4 is 23.2 Å². The zero-order valence-electron chi connectivity index (χ0n) is 10.4. The summed E-state index contributed by atoms with van der Waals surface area (Å²) in [5.41, 5.74) is 5.17. The zero-order chi connectivity index (χ0) is 13.9. The largest absolute Gasteiger partial charge is 0.381 e. The van der Waals surface area contributed by atoms with E-state index in [1.54, 1.807) is 0 Å². The Kier molecular flexibility index (Phi) is 4.39. The van der Waals surface area contributed by atoms with E-state index in [1.165, 1.54) is 12.1 Å². The molecular weight excluding hydrogens is 271 g/mol. The molecular formula is C13H16ClFN2O2. The maximum Gasteiger partial charge on any atom is 0.232 e. The van der Waals surface area contributed by atoms with Gasteiger partial charge in [0.05, 0.1) is 11.1 Å². The maximum atomic E-state index is 13.7. The molecule has 2 rings (SSSR count). The summed E-state index contributed by atoms with van der Waals surface area (Å²) in [5, 5.41) is 2.88. The van der Waals surface area contributed by atoms with Crippen molar-refractivity contribution in [3.63, 3.8) is 0 Å². The number of ether oxygens (including phenoxy) is 1. The third kappa shape index (κ3) is 3.05. The maximum absolute atomic E-state index is 13.7. The number of anilines is 1. The van der Waals surface area contributed by atoms with Crippen LogP contribution >= 0.6 is 11.6 Å². The van der Waals surface area contributed by atoms with Crippen molar-refractivity contribution in [1.82, 2.24) is 0 Å². The van der Waals surface area contributed by atoms with Gasteiger partial charge in [0.2, 0.25) is 5.91 Å². The van der Waals surface area contributed by atoms with E-state index in [4.69, 9.17) is 22.1 Å². The van der Waals surface area contributed by atoms with Crippen LogP contribution < -0.4 is 11.1 Å². The lowest BCUT2D eigenvalue weighted by Gasteiger charge is -2.34. The molecule has 0 aromatic heterocycles. The minimum absolute atomic E-state index is 0.119. The first-order valence-corrected chi connectivity index (χ1v) is 6.49. The fourth-order valence-electron chi connectivity index (χ4n) is 2.13. The van der Waals surface area contributed by atoms with E-state index in [2.05, 4.69) is 5.32 Å². The molecule has 4 nitrogen and oxygen atoms in total. The average molecular weight is 287 g/mol. The molecule has 19 heavy (non-hydrogen) atoms. The van der Waals surface area contributed by atoms with Crippen molar-refractivity contribution in [2.75, 3.05) is 25.1 Å². The van der Waals surface area contributed by atoms with Crippen molar-refractivity contribution < 1.29 is 13.9 Å². The molecule has 104 valence electrons. The Labute approximate surface area is 116 Å². The predicted octanol–water partition coefficient (Wildman–Crippen LogP) is 2.17. The van der Waals surface area contributed by atoms with E-state index in [0.717, 1.165) is 6.07 Å². The Morgan fingerprint density at radius 1 is 1.47 bits per heavy atom. The molecule has 1 amide bonds. The molecule has 0 atom stereocenters. The van der Waals surface area contributed by atoms with Crippen LogP contribution in [0.4, 0.5) is 10.1 Å². The van der Waals surface area contributed by atoms with Crippen LogP contribution in [-0.4, -0.2) is 25.7 Å². The highest BCUT2D eigenvalue weighted by atomic mass is 35.5. The van der Waals surface area contributed by atoms with Gasteiger partial charge in [0.15, 0.2) is 0 Å². The number of hydrogen-bond acceptors (Lipinski definition) is 3. The summed E-state index contributed by atoms with van der Waals surface area (Å²) in [6.07, 6.45) is 1.09. The zero-order valence-corrected chi connectivity index (χ0v) is 11.2. The summed E-state index contributed by atoms with van der Waals surface area (Å²) in [7, 11) is 0. The van der Waals surface area contributed by atoms with Gasteiger partial charge in [0, 0.05) is 24.8 Å². The first kappa shape index (κ1) is 14.2. The van der Waals surface area contributed by atoms with Crippen molar-refractivity contribution in [2.24, 2.45) is 11.1 Å². The summed E-state index contributed by atoms with van der Waals surface area (Å²) in [4.78, 5) is 12.3. The van der Waals surface area contributed by atoms with Gasteiger partial charge in [0.25, 0.3) is 0 Å². The number of nitrogens with one attached hydrogen (secondary N) is 1. The number of nitrogens with two attached hydrogens (primary N) is 1. The van der Waals surface area contributed by atoms with Crippen LogP contribution in [0.25, 0.3) is 0 Å². The van der Waals surface area contributed by atoms with Gasteiger partial charge in [-0.15, -0.1) is 0 Å². The molecule has 1 heterocycles. The van der Waals surface area contributed by atoms with Crippen LogP contribution in [0, 0.1) is 11.2 Å². The van der Waals surface area contributed by atoms with Crippen LogP contribution in [0.5, 0.6) is 0 Å². The van der Waals surface area contributed by atoms with Gasteiger partial charge in [-0.2, -0.15) is 0 Å². The Bertz CT molecular complexity index is 476. The SMILES string of the molecule is NCC1(C(=O)Nc2ccc(Cl)cc2F)CCOCC1. The number of halogens is 2. The van der Waals surface area contributed by atoms with Gasteiger partial charge >= 0.3 is 0 Å². The van der Waals surface area contributed by atoms with Gasteiger partial charge in [-0.1, -0.05) is 11.6 Å². The number of hydrogen-bond donors (Lipinski definition) is 2. The monoisotopic (exact) mass is 286 g/mol. The van der Waals surface area contributed by atoms with Crippen molar-refractivity contribution in [2.45, 2.75) is 12.8 Å². The van der Waals surface area contributed by atoms with Crippen LogP contribution in [0.1, 0.15) is 12.8 Å². The van der Waals surface area contributed by atoms with E-state index in [9.17, 15) is 9.18 Å². The molecule has 6 heteroatoms. The molecule has 0 bridgehead atoms. The number of carbonyl (C=O) groups is 1. The van der Waals surface area contributed by atoms with Crippen molar-refractivity contribution in [1.29, 1.82) is 0 Å². The average Bonchev–Trinajstić information content (AvgIpc) is 2.42. The molecule has 1 fully saturated rings. The van der Waals surface area contributed by atoms with E-state index < -0.39 is 11.2 Å². The molecule has 1 aliphatic rings. The van der Waals surface area contributed by atoms with Gasteiger partial charge in [-0.3, -0.25) is 4.79 Å². The Morgan fingerprint density at radius 2 is 2.16 bits per heavy atom. The Balaban J connectivity index is 2.15. The summed E-state index contributed by atoms with van der Waals surface area (Å²) >= 11 is 5.67. The molecule has 0 spiro atoms. The van der Waals surface area contributed by atoms with E-state index >= 15 is 0 Å². The van der Waals surface area contributed by atoms with Gasteiger partial charge < -0.3 is 15.8 Å². The van der Waals surface area contributed by atoms with Gasteiger partial charge in [0.1, 0.15) is 5.82 Å². The van der Waals surface area contributed by atoms with Gasteiger partial charge in [-0.25, -0.2) is 4.39 Å². The molecule has 1 saturated heterocycles. The quantitative estimate of drug-likeness (QED) is 0.895. The summed E-state index contributed by atoms with van der Waals surface area (Å²) in [6.45, 7) is 1.21. The molecule has 0 aliphatic carbocycles. The normalized spacial score (nSPS) is 18.1. The second-order valence-electron chi connectivity index (χ2n) is 4.68. The van der Waals surface area contributed by atoms with E-state index in [1.807, 2.05) is 0 Å². The molecule has 0 radical (unpaired) electrons. The Hall–Kier alpha value is -1.17. The number of carbonyl (C=O) groups excluding carboxylic acids is 1. The van der Waals surface area contributed by atoms with Crippen LogP contribution in [-0.2, 0) is 9.53 Å². The molecule has 1 aromatic carbocycles. The standard InChI is InChI=1S/C13H16ClFN2O2/c14-9-1-2-11(10(15)7-9)17-12(18)13(8-16)3-5-19-6-4-13/h1-2,7H,3-6,8,16H2,(H,17,18). The second kappa shape index (κ2) is 5.86. The lowest BCUT2D eigenvalue weighted by Crippen LogP contribution is -2.46. The predicted molar refractivity (Wildman–Crippen MR) is 71.6 cm³/mol. The molecule has 1 aliphatic heterocycles.